The largest absolute Gasteiger partial charge is 0.460 e. The zero-order valence-corrected chi connectivity index (χ0v) is 15.3. The fraction of sp³-hybridized carbons (Fsp3) is 0.643. The van der Waals surface area contributed by atoms with Gasteiger partial charge in [0, 0.05) is 20.2 Å². The molecule has 3 atom stereocenters. The second kappa shape index (κ2) is 8.77. The Morgan fingerprint density at radius 1 is 1.52 bits per heavy atom. The maximum Gasteiger partial charge on any atom is 0.302 e. The van der Waals surface area contributed by atoms with Crippen LogP contribution in [0.4, 0.5) is 5.82 Å². The van der Waals surface area contributed by atoms with Gasteiger partial charge in [0.25, 0.3) is 0 Å². The minimum Gasteiger partial charge on any atom is -0.460 e. The molecule has 128 valence electrons. The van der Waals surface area contributed by atoms with Crippen LogP contribution in [0.1, 0.15) is 26.2 Å². The van der Waals surface area contributed by atoms with E-state index in [1.807, 2.05) is 0 Å². The van der Waals surface area contributed by atoms with E-state index in [0.717, 1.165) is 19.3 Å². The van der Waals surface area contributed by atoms with Gasteiger partial charge in [-0.2, -0.15) is 4.98 Å². The Kier molecular flexibility index (Phi) is 7.01. The number of nitrogens with one attached hydrogen (secondary N) is 1. The zero-order valence-electron chi connectivity index (χ0n) is 12.9. The maximum absolute atomic E-state index is 11.3. The normalized spacial score (nSPS) is 24.3. The SMILES string of the molecule is COCO[C@@H]1C(OC(C)=O)CCC[C@@H]1Nc1nc(Cl)ncc1Br. The molecule has 1 aromatic rings. The first kappa shape index (κ1) is 18.4. The van der Waals surface area contributed by atoms with E-state index in [0.29, 0.717) is 10.3 Å². The Balaban J connectivity index is 2.15. The van der Waals surface area contributed by atoms with E-state index >= 15 is 0 Å². The number of nitrogens with zero attached hydrogens (tertiary/aromatic N) is 2. The van der Waals surface area contributed by atoms with Crippen LogP contribution < -0.4 is 5.32 Å². The fourth-order valence-electron chi connectivity index (χ4n) is 2.61. The molecule has 1 heterocycles. The first-order valence-corrected chi connectivity index (χ1v) is 8.40. The Morgan fingerprint density at radius 2 is 2.30 bits per heavy atom. The molecule has 0 saturated heterocycles. The number of hydrogen-bond acceptors (Lipinski definition) is 7. The molecular formula is C14H19BrClN3O4. The number of ether oxygens (including phenoxy) is 3. The highest BCUT2D eigenvalue weighted by molar-refractivity contribution is 9.10. The molecule has 1 N–H and O–H groups in total. The van der Waals surface area contributed by atoms with Crippen LogP contribution in [0.5, 0.6) is 0 Å². The topological polar surface area (TPSA) is 82.6 Å². The van der Waals surface area contributed by atoms with Crippen LogP contribution in [0.2, 0.25) is 5.28 Å². The molecule has 1 aromatic heterocycles. The molecule has 1 unspecified atom stereocenters. The summed E-state index contributed by atoms with van der Waals surface area (Å²) in [5.41, 5.74) is 0. The van der Waals surface area contributed by atoms with Gasteiger partial charge in [-0.05, 0) is 46.8 Å². The van der Waals surface area contributed by atoms with E-state index < -0.39 is 0 Å². The standard InChI is InChI=1S/C14H19BrClN3O4/c1-8(20)23-11-5-3-4-10(12(11)22-7-21-2)18-13-9(15)6-17-14(16)19-13/h6,10-12H,3-5,7H2,1-2H3,(H,17,18,19)/t10-,11?,12-/m0/s1. The van der Waals surface area contributed by atoms with Crippen molar-refractivity contribution in [2.24, 2.45) is 0 Å². The van der Waals surface area contributed by atoms with Gasteiger partial charge in [0.05, 0.1) is 10.5 Å². The Hall–Kier alpha value is -0.960. The molecule has 1 aliphatic rings. The molecule has 0 amide bonds. The molecule has 2 rings (SSSR count). The summed E-state index contributed by atoms with van der Waals surface area (Å²) < 4.78 is 16.8. The molecule has 0 bridgehead atoms. The van der Waals surface area contributed by atoms with Crippen LogP contribution in [0.25, 0.3) is 0 Å². The number of aromatic nitrogens is 2. The molecule has 9 heteroatoms. The molecule has 0 aliphatic heterocycles. The lowest BCUT2D eigenvalue weighted by Crippen LogP contribution is -2.49. The van der Waals surface area contributed by atoms with Gasteiger partial charge in [0.1, 0.15) is 24.8 Å². The molecule has 7 nitrogen and oxygen atoms in total. The molecule has 0 radical (unpaired) electrons. The van der Waals surface area contributed by atoms with Gasteiger partial charge < -0.3 is 19.5 Å². The van der Waals surface area contributed by atoms with Crippen molar-refractivity contribution >= 4 is 39.3 Å². The lowest BCUT2D eigenvalue weighted by Gasteiger charge is -2.37. The monoisotopic (exact) mass is 407 g/mol. The number of carbonyl (C=O) groups is 1. The first-order valence-electron chi connectivity index (χ1n) is 7.23. The lowest BCUT2D eigenvalue weighted by molar-refractivity contribution is -0.169. The van der Waals surface area contributed by atoms with Crippen molar-refractivity contribution in [1.29, 1.82) is 0 Å². The van der Waals surface area contributed by atoms with Gasteiger partial charge in [-0.25, -0.2) is 4.98 Å². The molecule has 0 spiro atoms. The minimum absolute atomic E-state index is 0.0921. The van der Waals surface area contributed by atoms with Crippen LogP contribution in [0.3, 0.4) is 0 Å². The van der Waals surface area contributed by atoms with Crippen LogP contribution >= 0.6 is 27.5 Å². The first-order chi connectivity index (χ1) is 11.0. The molecular weight excluding hydrogens is 390 g/mol. The summed E-state index contributed by atoms with van der Waals surface area (Å²) in [4.78, 5) is 19.4. The van der Waals surface area contributed by atoms with Crippen LogP contribution in [-0.4, -0.2) is 48.1 Å². The van der Waals surface area contributed by atoms with E-state index in [2.05, 4.69) is 31.2 Å². The van der Waals surface area contributed by atoms with Crippen molar-refractivity contribution in [3.05, 3.63) is 16.0 Å². The predicted octanol–water partition coefficient (Wildman–Crippen LogP) is 2.78. The average Bonchev–Trinajstić information content (AvgIpc) is 2.50. The van der Waals surface area contributed by atoms with E-state index in [1.54, 1.807) is 13.3 Å². The van der Waals surface area contributed by atoms with Crippen molar-refractivity contribution in [3.8, 4) is 0 Å². The van der Waals surface area contributed by atoms with Gasteiger partial charge in [0.2, 0.25) is 5.28 Å². The summed E-state index contributed by atoms with van der Waals surface area (Å²) in [7, 11) is 1.55. The third kappa shape index (κ3) is 5.27. The predicted molar refractivity (Wildman–Crippen MR) is 88.3 cm³/mol. The smallest absolute Gasteiger partial charge is 0.302 e. The number of rotatable bonds is 6. The van der Waals surface area contributed by atoms with Crippen molar-refractivity contribution in [2.75, 3.05) is 19.2 Å². The van der Waals surface area contributed by atoms with Crippen molar-refractivity contribution in [3.63, 3.8) is 0 Å². The Bertz CT molecular complexity index is 549. The third-order valence-electron chi connectivity index (χ3n) is 3.50. The van der Waals surface area contributed by atoms with Crippen molar-refractivity contribution in [2.45, 2.75) is 44.4 Å². The Labute approximate surface area is 148 Å². The van der Waals surface area contributed by atoms with Crippen LogP contribution in [0.15, 0.2) is 10.7 Å². The summed E-state index contributed by atoms with van der Waals surface area (Å²) in [6.45, 7) is 1.51. The second-order valence-electron chi connectivity index (χ2n) is 5.20. The Morgan fingerprint density at radius 3 is 3.00 bits per heavy atom. The highest BCUT2D eigenvalue weighted by Crippen LogP contribution is 2.29. The maximum atomic E-state index is 11.3. The molecule has 1 aliphatic carbocycles. The van der Waals surface area contributed by atoms with Crippen molar-refractivity contribution < 1.29 is 19.0 Å². The average molecular weight is 409 g/mol. The molecule has 23 heavy (non-hydrogen) atoms. The number of halogens is 2. The lowest BCUT2D eigenvalue weighted by atomic mass is 9.89. The third-order valence-corrected chi connectivity index (χ3v) is 4.26. The number of hydrogen-bond donors (Lipinski definition) is 1. The van der Waals surface area contributed by atoms with Crippen molar-refractivity contribution in [1.82, 2.24) is 9.97 Å². The highest BCUT2D eigenvalue weighted by atomic mass is 79.9. The summed E-state index contributed by atoms with van der Waals surface area (Å²) in [5.74, 6) is 0.248. The number of esters is 1. The van der Waals surface area contributed by atoms with Gasteiger partial charge in [-0.1, -0.05) is 0 Å². The van der Waals surface area contributed by atoms with Gasteiger partial charge in [-0.3, -0.25) is 4.79 Å². The van der Waals surface area contributed by atoms with E-state index in [4.69, 9.17) is 25.8 Å². The van der Waals surface area contributed by atoms with E-state index in [-0.39, 0.29) is 36.3 Å². The molecule has 0 aromatic carbocycles. The van der Waals surface area contributed by atoms with Crippen LogP contribution in [-0.2, 0) is 19.0 Å². The van der Waals surface area contributed by atoms with E-state index in [9.17, 15) is 4.79 Å². The molecule has 1 fully saturated rings. The molecule has 1 saturated carbocycles. The quantitative estimate of drug-likeness (QED) is 0.440. The summed E-state index contributed by atoms with van der Waals surface area (Å²) in [6, 6.07) is -0.0921. The second-order valence-corrected chi connectivity index (χ2v) is 6.40. The summed E-state index contributed by atoms with van der Waals surface area (Å²) in [6.07, 6.45) is 3.41. The van der Waals surface area contributed by atoms with Gasteiger partial charge in [0.15, 0.2) is 0 Å². The number of methoxy groups -OCH3 is 1. The zero-order chi connectivity index (χ0) is 16.8. The minimum atomic E-state index is -0.340. The number of carbonyl (C=O) groups excluding carboxylic acids is 1. The van der Waals surface area contributed by atoms with Gasteiger partial charge in [-0.15, -0.1) is 0 Å². The number of anilines is 1. The van der Waals surface area contributed by atoms with E-state index in [1.165, 1.54) is 6.92 Å². The summed E-state index contributed by atoms with van der Waals surface area (Å²) in [5, 5.41) is 3.45. The highest BCUT2D eigenvalue weighted by Gasteiger charge is 2.37. The fourth-order valence-corrected chi connectivity index (χ4v) is 3.05. The van der Waals surface area contributed by atoms with Gasteiger partial charge >= 0.3 is 5.97 Å². The summed E-state index contributed by atoms with van der Waals surface area (Å²) >= 11 is 9.24. The van der Waals surface area contributed by atoms with Crippen LogP contribution in [0, 0.1) is 0 Å².